The van der Waals surface area contributed by atoms with Crippen LogP contribution in [0.5, 0.6) is 0 Å². The fourth-order valence-corrected chi connectivity index (χ4v) is 2.09. The standard InChI is InChI=1S/C12H14N4O3S/c1-20-7-6-10(13)12-14-11(15-19-12)8-2-4-9(5-3-8)16(17)18/h2-5,10H,6-7,13H2,1H3. The molecule has 0 saturated heterocycles. The van der Waals surface area contributed by atoms with Gasteiger partial charge in [0.05, 0.1) is 11.0 Å². The van der Waals surface area contributed by atoms with E-state index in [1.54, 1.807) is 23.9 Å². The summed E-state index contributed by atoms with van der Waals surface area (Å²) in [4.78, 5) is 14.4. The zero-order chi connectivity index (χ0) is 14.5. The number of nitro groups is 1. The van der Waals surface area contributed by atoms with Crippen molar-refractivity contribution in [3.8, 4) is 11.4 Å². The van der Waals surface area contributed by atoms with Gasteiger partial charge < -0.3 is 10.3 Å². The molecule has 0 amide bonds. The molecule has 2 aromatic rings. The molecule has 0 bridgehead atoms. The first-order valence-corrected chi connectivity index (χ1v) is 7.34. The smallest absolute Gasteiger partial charge is 0.269 e. The highest BCUT2D eigenvalue weighted by atomic mass is 32.2. The Morgan fingerprint density at radius 3 is 2.75 bits per heavy atom. The molecule has 0 radical (unpaired) electrons. The molecule has 1 atom stereocenters. The summed E-state index contributed by atoms with van der Waals surface area (Å²) in [5.74, 6) is 1.68. The summed E-state index contributed by atoms with van der Waals surface area (Å²) < 4.78 is 5.13. The number of benzene rings is 1. The van der Waals surface area contributed by atoms with Crippen molar-refractivity contribution in [3.63, 3.8) is 0 Å². The van der Waals surface area contributed by atoms with Gasteiger partial charge in [-0.2, -0.15) is 16.7 Å². The average molecular weight is 294 g/mol. The molecule has 1 heterocycles. The van der Waals surface area contributed by atoms with Crippen molar-refractivity contribution in [1.29, 1.82) is 0 Å². The Balaban J connectivity index is 2.13. The molecule has 1 aromatic heterocycles. The van der Waals surface area contributed by atoms with Crippen LogP contribution in [0.4, 0.5) is 5.69 Å². The minimum absolute atomic E-state index is 0.0224. The molecule has 7 nitrogen and oxygen atoms in total. The summed E-state index contributed by atoms with van der Waals surface area (Å²) >= 11 is 1.70. The summed E-state index contributed by atoms with van der Waals surface area (Å²) in [7, 11) is 0. The Bertz CT molecular complexity index is 585. The van der Waals surface area contributed by atoms with Crippen LogP contribution in [0.1, 0.15) is 18.4 Å². The number of nitro benzene ring substituents is 1. The van der Waals surface area contributed by atoms with Gasteiger partial charge in [-0.15, -0.1) is 0 Å². The second-order valence-electron chi connectivity index (χ2n) is 4.15. The lowest BCUT2D eigenvalue weighted by atomic mass is 10.2. The van der Waals surface area contributed by atoms with Crippen LogP contribution in [0, 0.1) is 10.1 Å². The summed E-state index contributed by atoms with van der Waals surface area (Å²) in [6.07, 6.45) is 2.76. The maximum Gasteiger partial charge on any atom is 0.269 e. The van der Waals surface area contributed by atoms with Gasteiger partial charge in [-0.3, -0.25) is 10.1 Å². The second-order valence-corrected chi connectivity index (χ2v) is 5.13. The minimum Gasteiger partial charge on any atom is -0.337 e. The molecule has 1 unspecified atom stereocenters. The molecule has 106 valence electrons. The molecule has 2 rings (SSSR count). The summed E-state index contributed by atoms with van der Waals surface area (Å²) in [5, 5.41) is 14.4. The number of non-ortho nitro benzene ring substituents is 1. The third kappa shape index (κ3) is 3.34. The first kappa shape index (κ1) is 14.5. The van der Waals surface area contributed by atoms with E-state index >= 15 is 0 Å². The third-order valence-corrected chi connectivity index (χ3v) is 3.37. The molecule has 0 fully saturated rings. The van der Waals surface area contributed by atoms with Crippen LogP contribution in [0.15, 0.2) is 28.8 Å². The average Bonchev–Trinajstić information content (AvgIpc) is 2.94. The van der Waals surface area contributed by atoms with E-state index < -0.39 is 4.92 Å². The van der Waals surface area contributed by atoms with E-state index in [0.29, 0.717) is 17.3 Å². The van der Waals surface area contributed by atoms with Crippen molar-refractivity contribution in [2.24, 2.45) is 5.73 Å². The Labute approximate surface area is 119 Å². The molecule has 20 heavy (non-hydrogen) atoms. The summed E-state index contributed by atoms with van der Waals surface area (Å²) in [5.41, 5.74) is 6.62. The number of aromatic nitrogens is 2. The Morgan fingerprint density at radius 2 is 2.15 bits per heavy atom. The van der Waals surface area contributed by atoms with Crippen LogP contribution in [0.3, 0.4) is 0 Å². The van der Waals surface area contributed by atoms with Crippen LogP contribution >= 0.6 is 11.8 Å². The first-order valence-electron chi connectivity index (χ1n) is 5.94. The SMILES string of the molecule is CSCCC(N)c1nc(-c2ccc([N+](=O)[O-])cc2)no1. The molecule has 0 aliphatic carbocycles. The first-order chi connectivity index (χ1) is 9.61. The molecule has 0 saturated carbocycles. The Hall–Kier alpha value is -1.93. The van der Waals surface area contributed by atoms with Gasteiger partial charge in [0.25, 0.3) is 5.69 Å². The molecule has 0 aliphatic heterocycles. The molecule has 2 N–H and O–H groups in total. The van der Waals surface area contributed by atoms with E-state index in [2.05, 4.69) is 10.1 Å². The highest BCUT2D eigenvalue weighted by molar-refractivity contribution is 7.98. The van der Waals surface area contributed by atoms with Crippen molar-refractivity contribution in [2.75, 3.05) is 12.0 Å². The van der Waals surface area contributed by atoms with Crippen LogP contribution in [0.2, 0.25) is 0 Å². The van der Waals surface area contributed by atoms with Crippen LogP contribution in [-0.2, 0) is 0 Å². The van der Waals surface area contributed by atoms with Crippen LogP contribution < -0.4 is 5.73 Å². The summed E-state index contributed by atoms with van der Waals surface area (Å²) in [6.45, 7) is 0. The quantitative estimate of drug-likeness (QED) is 0.643. The van der Waals surface area contributed by atoms with E-state index in [1.165, 1.54) is 12.1 Å². The van der Waals surface area contributed by atoms with Crippen molar-refractivity contribution in [1.82, 2.24) is 10.1 Å². The molecular weight excluding hydrogens is 280 g/mol. The topological polar surface area (TPSA) is 108 Å². The number of hydrogen-bond acceptors (Lipinski definition) is 7. The predicted molar refractivity (Wildman–Crippen MR) is 76.3 cm³/mol. The van der Waals surface area contributed by atoms with E-state index in [9.17, 15) is 10.1 Å². The van der Waals surface area contributed by atoms with Gasteiger partial charge in [-0.1, -0.05) is 5.16 Å². The lowest BCUT2D eigenvalue weighted by Crippen LogP contribution is -2.11. The number of rotatable bonds is 6. The molecule has 1 aromatic carbocycles. The summed E-state index contributed by atoms with van der Waals surface area (Å²) in [6, 6.07) is 5.68. The maximum absolute atomic E-state index is 10.6. The molecule has 0 aliphatic rings. The van der Waals surface area contributed by atoms with Crippen molar-refractivity contribution in [3.05, 3.63) is 40.3 Å². The van der Waals surface area contributed by atoms with Crippen molar-refractivity contribution < 1.29 is 9.45 Å². The highest BCUT2D eigenvalue weighted by Crippen LogP contribution is 2.22. The van der Waals surface area contributed by atoms with E-state index in [4.69, 9.17) is 10.3 Å². The molecular formula is C12H14N4O3S. The fourth-order valence-electron chi connectivity index (χ4n) is 1.60. The van der Waals surface area contributed by atoms with Crippen LogP contribution in [-0.4, -0.2) is 27.1 Å². The van der Waals surface area contributed by atoms with Crippen LogP contribution in [0.25, 0.3) is 11.4 Å². The van der Waals surface area contributed by atoms with Crippen molar-refractivity contribution >= 4 is 17.4 Å². The van der Waals surface area contributed by atoms with E-state index in [1.807, 2.05) is 6.26 Å². The fraction of sp³-hybridized carbons (Fsp3) is 0.333. The van der Waals surface area contributed by atoms with Gasteiger partial charge in [-0.25, -0.2) is 0 Å². The van der Waals surface area contributed by atoms with Gasteiger partial charge >= 0.3 is 0 Å². The van der Waals surface area contributed by atoms with Gasteiger partial charge in [-0.05, 0) is 30.6 Å². The second kappa shape index (κ2) is 6.49. The Kier molecular flexibility index (Phi) is 4.70. The van der Waals surface area contributed by atoms with Gasteiger partial charge in [0.2, 0.25) is 11.7 Å². The molecule has 8 heteroatoms. The maximum atomic E-state index is 10.6. The number of nitrogens with zero attached hydrogens (tertiary/aromatic N) is 3. The van der Waals surface area contributed by atoms with Gasteiger partial charge in [0.1, 0.15) is 0 Å². The monoisotopic (exact) mass is 294 g/mol. The van der Waals surface area contributed by atoms with E-state index in [-0.39, 0.29) is 11.7 Å². The highest BCUT2D eigenvalue weighted by Gasteiger charge is 2.16. The largest absolute Gasteiger partial charge is 0.337 e. The van der Waals surface area contributed by atoms with Gasteiger partial charge in [0.15, 0.2) is 0 Å². The zero-order valence-electron chi connectivity index (χ0n) is 10.9. The number of thioether (sulfide) groups is 1. The Morgan fingerprint density at radius 1 is 1.45 bits per heavy atom. The zero-order valence-corrected chi connectivity index (χ0v) is 11.7. The van der Waals surface area contributed by atoms with Crippen molar-refractivity contribution in [2.45, 2.75) is 12.5 Å². The minimum atomic E-state index is -0.455. The third-order valence-electron chi connectivity index (χ3n) is 2.73. The lowest BCUT2D eigenvalue weighted by molar-refractivity contribution is -0.384. The lowest BCUT2D eigenvalue weighted by Gasteiger charge is -2.03. The molecule has 0 spiro atoms. The number of nitrogens with two attached hydrogens (primary N) is 1. The normalized spacial score (nSPS) is 12.3. The number of hydrogen-bond donors (Lipinski definition) is 1. The predicted octanol–water partition coefficient (Wildman–Crippen LogP) is 2.40. The van der Waals surface area contributed by atoms with Gasteiger partial charge in [0, 0.05) is 17.7 Å². The van der Waals surface area contributed by atoms with E-state index in [0.717, 1.165) is 12.2 Å².